The number of halogens is 2. The van der Waals surface area contributed by atoms with Gasteiger partial charge in [0.05, 0.1) is 5.02 Å². The van der Waals surface area contributed by atoms with E-state index in [0.717, 1.165) is 5.82 Å². The van der Waals surface area contributed by atoms with E-state index in [1.807, 2.05) is 24.3 Å². The summed E-state index contributed by atoms with van der Waals surface area (Å²) >= 11 is 12.0. The van der Waals surface area contributed by atoms with E-state index in [1.165, 1.54) is 6.33 Å². The first-order valence-corrected chi connectivity index (χ1v) is 10.4. The SMILES string of the molecule is O=C(COc1ccc(Cl)cc1Cl)N1CCN(c2cc(Nc3ccccn3)ncn2)CC1. The highest BCUT2D eigenvalue weighted by molar-refractivity contribution is 6.35. The number of aromatic nitrogens is 3. The standard InChI is InChI=1S/C21H20Cl2N6O2/c22-15-4-5-17(16(23)11-15)31-13-21(30)29-9-7-28(8-10-29)20-12-19(25-14-26-20)27-18-3-1-2-6-24-18/h1-6,11-12,14H,7-10,13H2,(H,24,25,26,27). The lowest BCUT2D eigenvalue weighted by Crippen LogP contribution is -2.50. The molecule has 3 aromatic rings. The highest BCUT2D eigenvalue weighted by Gasteiger charge is 2.22. The number of ether oxygens (including phenoxy) is 1. The van der Waals surface area contributed by atoms with Crippen LogP contribution in [0.25, 0.3) is 0 Å². The smallest absolute Gasteiger partial charge is 0.260 e. The zero-order valence-corrected chi connectivity index (χ0v) is 18.1. The minimum absolute atomic E-state index is 0.0764. The summed E-state index contributed by atoms with van der Waals surface area (Å²) in [6.45, 7) is 2.39. The summed E-state index contributed by atoms with van der Waals surface area (Å²) in [6.07, 6.45) is 3.23. The minimum Gasteiger partial charge on any atom is -0.482 e. The largest absolute Gasteiger partial charge is 0.482 e. The van der Waals surface area contributed by atoms with Crippen molar-refractivity contribution in [3.8, 4) is 5.75 Å². The molecule has 1 fully saturated rings. The Morgan fingerprint density at radius 3 is 2.58 bits per heavy atom. The fourth-order valence-electron chi connectivity index (χ4n) is 3.16. The maximum absolute atomic E-state index is 12.5. The van der Waals surface area contributed by atoms with E-state index >= 15 is 0 Å². The first-order chi connectivity index (χ1) is 15.1. The molecule has 0 unspecified atom stereocenters. The third-order valence-electron chi connectivity index (χ3n) is 4.78. The van der Waals surface area contributed by atoms with Gasteiger partial charge in [0.2, 0.25) is 0 Å². The third kappa shape index (κ3) is 5.53. The van der Waals surface area contributed by atoms with Gasteiger partial charge in [-0.1, -0.05) is 29.3 Å². The van der Waals surface area contributed by atoms with Crippen molar-refractivity contribution in [2.45, 2.75) is 0 Å². The average molecular weight is 459 g/mol. The Hall–Kier alpha value is -3.10. The normalized spacial score (nSPS) is 13.7. The van der Waals surface area contributed by atoms with Gasteiger partial charge in [-0.2, -0.15) is 0 Å². The quantitative estimate of drug-likeness (QED) is 0.603. The Kier molecular flexibility index (Phi) is 6.69. The van der Waals surface area contributed by atoms with E-state index in [0.29, 0.717) is 53.6 Å². The van der Waals surface area contributed by atoms with Crippen LogP contribution < -0.4 is 15.0 Å². The van der Waals surface area contributed by atoms with Crippen LogP contribution in [0.3, 0.4) is 0 Å². The van der Waals surface area contributed by atoms with Crippen LogP contribution in [-0.4, -0.2) is 58.5 Å². The molecule has 4 rings (SSSR count). The lowest BCUT2D eigenvalue weighted by atomic mass is 10.3. The summed E-state index contributed by atoms with van der Waals surface area (Å²) in [4.78, 5) is 29.3. The van der Waals surface area contributed by atoms with Crippen molar-refractivity contribution in [3.63, 3.8) is 0 Å². The molecule has 1 aliphatic rings. The van der Waals surface area contributed by atoms with Gasteiger partial charge in [-0.05, 0) is 30.3 Å². The van der Waals surface area contributed by atoms with E-state index in [9.17, 15) is 4.79 Å². The molecule has 0 atom stereocenters. The van der Waals surface area contributed by atoms with Gasteiger partial charge >= 0.3 is 0 Å². The summed E-state index contributed by atoms with van der Waals surface area (Å²) in [5.41, 5.74) is 0. The van der Waals surface area contributed by atoms with Crippen molar-refractivity contribution >= 4 is 46.6 Å². The van der Waals surface area contributed by atoms with Crippen LogP contribution in [0, 0.1) is 0 Å². The number of piperazine rings is 1. The molecule has 10 heteroatoms. The molecule has 0 saturated carbocycles. The molecule has 160 valence electrons. The fourth-order valence-corrected chi connectivity index (χ4v) is 3.63. The van der Waals surface area contributed by atoms with Crippen LogP contribution >= 0.6 is 23.2 Å². The van der Waals surface area contributed by atoms with Crippen molar-refractivity contribution in [1.82, 2.24) is 19.9 Å². The van der Waals surface area contributed by atoms with Crippen molar-refractivity contribution in [1.29, 1.82) is 0 Å². The summed E-state index contributed by atoms with van der Waals surface area (Å²) in [6, 6.07) is 12.4. The molecule has 0 spiro atoms. The molecule has 8 nitrogen and oxygen atoms in total. The van der Waals surface area contributed by atoms with Gasteiger partial charge in [-0.25, -0.2) is 15.0 Å². The number of amides is 1. The molecule has 3 heterocycles. The number of hydrogen-bond donors (Lipinski definition) is 1. The van der Waals surface area contributed by atoms with E-state index in [2.05, 4.69) is 25.2 Å². The number of hydrogen-bond acceptors (Lipinski definition) is 7. The molecule has 2 aromatic heterocycles. The Balaban J connectivity index is 1.30. The number of rotatable bonds is 6. The number of benzene rings is 1. The highest BCUT2D eigenvalue weighted by Crippen LogP contribution is 2.27. The Bertz CT molecular complexity index is 1050. The van der Waals surface area contributed by atoms with E-state index in [1.54, 1.807) is 29.3 Å². The Morgan fingerprint density at radius 2 is 1.84 bits per heavy atom. The van der Waals surface area contributed by atoms with E-state index in [-0.39, 0.29) is 12.5 Å². The molecule has 1 aliphatic heterocycles. The first-order valence-electron chi connectivity index (χ1n) is 9.69. The second-order valence-electron chi connectivity index (χ2n) is 6.83. The predicted octanol–water partition coefficient (Wildman–Crippen LogP) is 3.65. The average Bonchev–Trinajstić information content (AvgIpc) is 2.79. The molecule has 1 aromatic carbocycles. The number of nitrogens with zero attached hydrogens (tertiary/aromatic N) is 5. The van der Waals surface area contributed by atoms with E-state index in [4.69, 9.17) is 27.9 Å². The predicted molar refractivity (Wildman–Crippen MR) is 120 cm³/mol. The first kappa shape index (κ1) is 21.1. The summed E-state index contributed by atoms with van der Waals surface area (Å²) < 4.78 is 5.56. The van der Waals surface area contributed by atoms with Crippen molar-refractivity contribution in [3.05, 3.63) is 65.0 Å². The maximum Gasteiger partial charge on any atom is 0.260 e. The molecular formula is C21H20Cl2N6O2. The van der Waals surface area contributed by atoms with Crippen LogP contribution in [0.4, 0.5) is 17.5 Å². The molecule has 0 radical (unpaired) electrons. The van der Waals surface area contributed by atoms with E-state index < -0.39 is 0 Å². The number of carbonyl (C=O) groups is 1. The lowest BCUT2D eigenvalue weighted by molar-refractivity contribution is -0.133. The summed E-state index contributed by atoms with van der Waals surface area (Å²) in [5.74, 6) is 2.52. The van der Waals surface area contributed by atoms with Crippen molar-refractivity contribution < 1.29 is 9.53 Å². The zero-order valence-electron chi connectivity index (χ0n) is 16.5. The van der Waals surface area contributed by atoms with Crippen molar-refractivity contribution in [2.24, 2.45) is 0 Å². The number of nitrogens with one attached hydrogen (secondary N) is 1. The van der Waals surface area contributed by atoms with Crippen LogP contribution in [0.2, 0.25) is 10.0 Å². The van der Waals surface area contributed by atoms with Gasteiger partial charge < -0.3 is 19.9 Å². The van der Waals surface area contributed by atoms with Gasteiger partial charge in [0, 0.05) is 43.5 Å². The summed E-state index contributed by atoms with van der Waals surface area (Å²) in [5, 5.41) is 4.06. The fraction of sp³-hybridized carbons (Fsp3) is 0.238. The molecule has 1 amide bonds. The molecular weight excluding hydrogens is 439 g/mol. The van der Waals surface area contributed by atoms with Gasteiger partial charge in [-0.3, -0.25) is 4.79 Å². The van der Waals surface area contributed by atoms with Gasteiger partial charge in [-0.15, -0.1) is 0 Å². The number of anilines is 3. The summed E-state index contributed by atoms with van der Waals surface area (Å²) in [7, 11) is 0. The highest BCUT2D eigenvalue weighted by atomic mass is 35.5. The topological polar surface area (TPSA) is 83.5 Å². The minimum atomic E-state index is -0.0918. The monoisotopic (exact) mass is 458 g/mol. The van der Waals surface area contributed by atoms with Crippen LogP contribution in [0.1, 0.15) is 0 Å². The van der Waals surface area contributed by atoms with Crippen LogP contribution in [-0.2, 0) is 4.79 Å². The van der Waals surface area contributed by atoms with Gasteiger partial charge in [0.25, 0.3) is 5.91 Å². The lowest BCUT2D eigenvalue weighted by Gasteiger charge is -2.35. The maximum atomic E-state index is 12.5. The Morgan fingerprint density at radius 1 is 1.00 bits per heavy atom. The number of carbonyl (C=O) groups excluding carboxylic acids is 1. The second kappa shape index (κ2) is 9.80. The molecule has 1 saturated heterocycles. The van der Waals surface area contributed by atoms with Gasteiger partial charge in [0.1, 0.15) is 29.5 Å². The van der Waals surface area contributed by atoms with Gasteiger partial charge in [0.15, 0.2) is 6.61 Å². The Labute approximate surface area is 189 Å². The number of pyridine rings is 1. The zero-order chi connectivity index (χ0) is 21.6. The van der Waals surface area contributed by atoms with Crippen molar-refractivity contribution in [2.75, 3.05) is 43.0 Å². The molecule has 0 bridgehead atoms. The molecule has 31 heavy (non-hydrogen) atoms. The van der Waals surface area contributed by atoms with Crippen LogP contribution in [0.5, 0.6) is 5.75 Å². The second-order valence-corrected chi connectivity index (χ2v) is 7.68. The van der Waals surface area contributed by atoms with Crippen LogP contribution in [0.15, 0.2) is 55.0 Å². The third-order valence-corrected chi connectivity index (χ3v) is 5.31. The molecule has 1 N–H and O–H groups in total. The molecule has 0 aliphatic carbocycles.